The van der Waals surface area contributed by atoms with Crippen molar-refractivity contribution in [2.24, 2.45) is 0 Å². The average Bonchev–Trinajstić information content (AvgIpc) is 3.01. The molecule has 2 aliphatic rings. The molecule has 0 unspecified atom stereocenters. The van der Waals surface area contributed by atoms with Crippen molar-refractivity contribution in [1.29, 1.82) is 0 Å². The highest BCUT2D eigenvalue weighted by Crippen LogP contribution is 2.27. The Labute approximate surface area is 125 Å². The van der Waals surface area contributed by atoms with Crippen molar-refractivity contribution in [2.45, 2.75) is 18.9 Å². The minimum atomic E-state index is -2.91. The van der Waals surface area contributed by atoms with Crippen LogP contribution >= 0.6 is 0 Å². The van der Waals surface area contributed by atoms with Crippen LogP contribution in [0, 0.1) is 0 Å². The number of amides is 1. The molecule has 3 rings (SSSR count). The summed E-state index contributed by atoms with van der Waals surface area (Å²) in [6.07, 6.45) is 1.52. The van der Waals surface area contributed by atoms with Gasteiger partial charge in [-0.15, -0.1) is 0 Å². The van der Waals surface area contributed by atoms with Gasteiger partial charge in [-0.1, -0.05) is 18.2 Å². The van der Waals surface area contributed by atoms with Crippen molar-refractivity contribution in [3.05, 3.63) is 29.8 Å². The normalized spacial score (nSPS) is 23.5. The van der Waals surface area contributed by atoms with Crippen LogP contribution in [0.2, 0.25) is 0 Å². The molecule has 1 fully saturated rings. The predicted octanol–water partition coefficient (Wildman–Crippen LogP) is 0.695. The van der Waals surface area contributed by atoms with E-state index in [-0.39, 0.29) is 30.0 Å². The van der Waals surface area contributed by atoms with E-state index in [1.165, 1.54) is 5.56 Å². The van der Waals surface area contributed by atoms with Crippen molar-refractivity contribution in [3.63, 3.8) is 0 Å². The average molecular weight is 308 g/mol. The number of rotatable bonds is 3. The van der Waals surface area contributed by atoms with E-state index in [0.29, 0.717) is 6.42 Å². The Morgan fingerprint density at radius 1 is 1.38 bits per heavy atom. The van der Waals surface area contributed by atoms with Crippen LogP contribution in [0.25, 0.3) is 0 Å². The zero-order valence-corrected chi connectivity index (χ0v) is 13.0. The van der Waals surface area contributed by atoms with Gasteiger partial charge in [-0.25, -0.2) is 8.42 Å². The van der Waals surface area contributed by atoms with E-state index in [9.17, 15) is 13.2 Å². The first-order valence-electron chi connectivity index (χ1n) is 7.25. The molecular formula is C15H20N2O3S. The number of likely N-dealkylation sites (N-methyl/N-ethyl adjacent to an activating group) is 1. The Kier molecular flexibility index (Phi) is 3.75. The zero-order chi connectivity index (χ0) is 15.0. The van der Waals surface area contributed by atoms with Gasteiger partial charge in [0.05, 0.1) is 18.1 Å². The maximum absolute atomic E-state index is 12.5. The Bertz CT molecular complexity index is 657. The molecule has 0 aliphatic carbocycles. The monoisotopic (exact) mass is 308 g/mol. The minimum Gasteiger partial charge on any atom is -0.311 e. The standard InChI is InChI=1S/C15H20N2O3S/c1-16(13-7-9-21(19,20)11-13)10-15(18)17-8-6-12-4-2-3-5-14(12)17/h2-5,13H,6-11H2,1H3/t13-/m1/s1. The fourth-order valence-corrected chi connectivity index (χ4v) is 4.95. The molecular weight excluding hydrogens is 288 g/mol. The van der Waals surface area contributed by atoms with E-state index < -0.39 is 9.84 Å². The summed E-state index contributed by atoms with van der Waals surface area (Å²) in [7, 11) is -1.07. The summed E-state index contributed by atoms with van der Waals surface area (Å²) in [6, 6.07) is 7.92. The molecule has 0 bridgehead atoms. The molecule has 1 aromatic rings. The first kappa shape index (κ1) is 14.5. The molecule has 0 radical (unpaired) electrons. The summed E-state index contributed by atoms with van der Waals surface area (Å²) in [4.78, 5) is 16.2. The second kappa shape index (κ2) is 5.42. The summed E-state index contributed by atoms with van der Waals surface area (Å²) in [5, 5.41) is 0. The lowest BCUT2D eigenvalue weighted by Crippen LogP contribution is -2.42. The third-order valence-corrected chi connectivity index (χ3v) is 6.15. The molecule has 1 aromatic carbocycles. The molecule has 0 N–H and O–H groups in total. The van der Waals surface area contributed by atoms with Gasteiger partial charge in [0.2, 0.25) is 5.91 Å². The van der Waals surface area contributed by atoms with Crippen molar-refractivity contribution >= 4 is 21.4 Å². The van der Waals surface area contributed by atoms with Crippen LogP contribution in [-0.4, -0.2) is 56.9 Å². The molecule has 114 valence electrons. The molecule has 6 heteroatoms. The van der Waals surface area contributed by atoms with Gasteiger partial charge in [0, 0.05) is 18.3 Å². The highest BCUT2D eigenvalue weighted by Gasteiger charge is 2.32. The molecule has 5 nitrogen and oxygen atoms in total. The fourth-order valence-electron chi connectivity index (χ4n) is 3.15. The van der Waals surface area contributed by atoms with Crippen LogP contribution < -0.4 is 4.90 Å². The van der Waals surface area contributed by atoms with Gasteiger partial charge in [-0.2, -0.15) is 0 Å². The van der Waals surface area contributed by atoms with Crippen molar-refractivity contribution in [2.75, 3.05) is 36.5 Å². The van der Waals surface area contributed by atoms with Crippen LogP contribution in [0.3, 0.4) is 0 Å². The predicted molar refractivity (Wildman–Crippen MR) is 82.2 cm³/mol. The number of para-hydroxylation sites is 1. The van der Waals surface area contributed by atoms with Crippen LogP contribution in [0.15, 0.2) is 24.3 Å². The number of hydrogen-bond acceptors (Lipinski definition) is 4. The number of benzene rings is 1. The third kappa shape index (κ3) is 2.96. The van der Waals surface area contributed by atoms with Crippen LogP contribution in [0.4, 0.5) is 5.69 Å². The lowest BCUT2D eigenvalue weighted by Gasteiger charge is -2.25. The number of nitrogens with zero attached hydrogens (tertiary/aromatic N) is 2. The summed E-state index contributed by atoms with van der Waals surface area (Å²) in [5.74, 6) is 0.461. The minimum absolute atomic E-state index is 0.0307. The smallest absolute Gasteiger partial charge is 0.241 e. The molecule has 21 heavy (non-hydrogen) atoms. The summed E-state index contributed by atoms with van der Waals surface area (Å²) >= 11 is 0. The maximum Gasteiger partial charge on any atom is 0.241 e. The third-order valence-electron chi connectivity index (χ3n) is 4.40. The summed E-state index contributed by atoms with van der Waals surface area (Å²) < 4.78 is 23.1. The Balaban J connectivity index is 1.65. The van der Waals surface area contributed by atoms with E-state index in [2.05, 4.69) is 6.07 Å². The maximum atomic E-state index is 12.5. The number of anilines is 1. The quantitative estimate of drug-likeness (QED) is 0.824. The van der Waals surface area contributed by atoms with Gasteiger partial charge < -0.3 is 4.90 Å². The molecule has 1 amide bonds. The van der Waals surface area contributed by atoms with Crippen LogP contribution in [-0.2, 0) is 21.1 Å². The van der Waals surface area contributed by atoms with Gasteiger partial charge in [-0.05, 0) is 31.5 Å². The highest BCUT2D eigenvalue weighted by atomic mass is 32.2. The molecule has 0 spiro atoms. The van der Waals surface area contributed by atoms with Crippen molar-refractivity contribution < 1.29 is 13.2 Å². The SMILES string of the molecule is CN(CC(=O)N1CCc2ccccc21)[C@@H]1CCS(=O)(=O)C1. The van der Waals surface area contributed by atoms with Gasteiger partial charge in [0.1, 0.15) is 0 Å². The Hall–Kier alpha value is -1.40. The first-order valence-corrected chi connectivity index (χ1v) is 9.07. The van der Waals surface area contributed by atoms with Crippen LogP contribution in [0.1, 0.15) is 12.0 Å². The molecule has 2 aliphatic heterocycles. The number of hydrogen-bond donors (Lipinski definition) is 0. The van der Waals surface area contributed by atoms with E-state index in [1.807, 2.05) is 35.0 Å². The highest BCUT2D eigenvalue weighted by molar-refractivity contribution is 7.91. The Morgan fingerprint density at radius 2 is 2.14 bits per heavy atom. The topological polar surface area (TPSA) is 57.7 Å². The van der Waals surface area contributed by atoms with E-state index in [0.717, 1.165) is 18.7 Å². The number of sulfone groups is 1. The van der Waals surface area contributed by atoms with E-state index in [4.69, 9.17) is 0 Å². The summed E-state index contributed by atoms with van der Waals surface area (Å²) in [6.45, 7) is 0.990. The second-order valence-corrected chi connectivity index (χ2v) is 8.12. The number of carbonyl (C=O) groups is 1. The molecule has 0 aromatic heterocycles. The van der Waals surface area contributed by atoms with Crippen LogP contribution in [0.5, 0.6) is 0 Å². The van der Waals surface area contributed by atoms with Crippen molar-refractivity contribution in [1.82, 2.24) is 4.90 Å². The molecule has 0 saturated carbocycles. The number of fused-ring (bicyclic) bond motifs is 1. The zero-order valence-electron chi connectivity index (χ0n) is 12.2. The fraction of sp³-hybridized carbons (Fsp3) is 0.533. The van der Waals surface area contributed by atoms with E-state index in [1.54, 1.807) is 0 Å². The number of carbonyl (C=O) groups excluding carboxylic acids is 1. The van der Waals surface area contributed by atoms with Gasteiger partial charge in [0.15, 0.2) is 9.84 Å². The lowest BCUT2D eigenvalue weighted by molar-refractivity contribution is -0.119. The summed E-state index contributed by atoms with van der Waals surface area (Å²) in [5.41, 5.74) is 2.20. The largest absolute Gasteiger partial charge is 0.311 e. The second-order valence-electron chi connectivity index (χ2n) is 5.90. The molecule has 1 saturated heterocycles. The molecule has 1 atom stereocenters. The van der Waals surface area contributed by atoms with E-state index >= 15 is 0 Å². The molecule has 2 heterocycles. The van der Waals surface area contributed by atoms with Crippen molar-refractivity contribution in [3.8, 4) is 0 Å². The van der Waals surface area contributed by atoms with Gasteiger partial charge >= 0.3 is 0 Å². The lowest BCUT2D eigenvalue weighted by atomic mass is 10.2. The Morgan fingerprint density at radius 3 is 2.86 bits per heavy atom. The van der Waals surface area contributed by atoms with Gasteiger partial charge in [-0.3, -0.25) is 9.69 Å². The van der Waals surface area contributed by atoms with Gasteiger partial charge in [0.25, 0.3) is 0 Å². The first-order chi connectivity index (χ1) is 9.96.